The van der Waals surface area contributed by atoms with Crippen LogP contribution in [0.25, 0.3) is 0 Å². The number of benzene rings is 1. The van der Waals surface area contributed by atoms with Gasteiger partial charge < -0.3 is 10.6 Å². The highest BCUT2D eigenvalue weighted by atomic mass is 32.2. The third-order valence-electron chi connectivity index (χ3n) is 3.50. The minimum absolute atomic E-state index is 0.112. The summed E-state index contributed by atoms with van der Waals surface area (Å²) >= 11 is 1.53. The zero-order chi connectivity index (χ0) is 19.4. The third kappa shape index (κ3) is 8.20. The molecule has 3 N–H and O–H groups in total. The van der Waals surface area contributed by atoms with Crippen LogP contribution in [0.15, 0.2) is 35.2 Å². The lowest BCUT2D eigenvalue weighted by Gasteiger charge is -2.18. The van der Waals surface area contributed by atoms with E-state index in [9.17, 15) is 18.0 Å². The van der Waals surface area contributed by atoms with Crippen molar-refractivity contribution in [3.05, 3.63) is 30.3 Å². The molecule has 1 atom stereocenters. The molecule has 0 aliphatic heterocycles. The highest BCUT2D eigenvalue weighted by molar-refractivity contribution is 7.98. The Bertz CT molecular complexity index is 666. The number of amides is 2. The number of nitrogens with one attached hydrogen (secondary N) is 3. The van der Waals surface area contributed by atoms with Gasteiger partial charge in [0.05, 0.1) is 4.90 Å². The minimum Gasteiger partial charge on any atom is -0.356 e. The van der Waals surface area contributed by atoms with Crippen molar-refractivity contribution in [3.8, 4) is 0 Å². The number of rotatable bonds is 12. The van der Waals surface area contributed by atoms with Gasteiger partial charge in [0.15, 0.2) is 0 Å². The van der Waals surface area contributed by atoms with E-state index in [1.807, 2.05) is 13.2 Å². The molecule has 0 aliphatic carbocycles. The van der Waals surface area contributed by atoms with Gasteiger partial charge in [-0.05, 0) is 37.0 Å². The first kappa shape index (κ1) is 22.5. The molecule has 1 aromatic rings. The van der Waals surface area contributed by atoms with E-state index in [4.69, 9.17) is 0 Å². The summed E-state index contributed by atoms with van der Waals surface area (Å²) in [5.74, 6) is 0.0615. The molecule has 0 saturated carbocycles. The Labute approximate surface area is 159 Å². The molecular weight excluding hydrogens is 374 g/mol. The first-order valence-corrected chi connectivity index (χ1v) is 11.4. The zero-order valence-corrected chi connectivity index (χ0v) is 16.8. The van der Waals surface area contributed by atoms with Crippen LogP contribution >= 0.6 is 11.8 Å². The largest absolute Gasteiger partial charge is 0.356 e. The SMILES string of the molecule is CCCNC(=O)CCNC(=O)C(CCSC)NS(=O)(=O)c1ccccc1. The van der Waals surface area contributed by atoms with Gasteiger partial charge in [-0.1, -0.05) is 25.1 Å². The molecule has 7 nitrogen and oxygen atoms in total. The molecule has 26 heavy (non-hydrogen) atoms. The van der Waals surface area contributed by atoms with Crippen LogP contribution in [0.2, 0.25) is 0 Å². The van der Waals surface area contributed by atoms with Crippen LogP contribution in [0.4, 0.5) is 0 Å². The average Bonchev–Trinajstić information content (AvgIpc) is 2.64. The van der Waals surface area contributed by atoms with Crippen molar-refractivity contribution in [3.63, 3.8) is 0 Å². The van der Waals surface area contributed by atoms with Crippen molar-refractivity contribution < 1.29 is 18.0 Å². The fourth-order valence-electron chi connectivity index (χ4n) is 2.11. The first-order valence-electron chi connectivity index (χ1n) is 8.51. The lowest BCUT2D eigenvalue weighted by molar-refractivity contribution is -0.123. The van der Waals surface area contributed by atoms with E-state index < -0.39 is 22.0 Å². The van der Waals surface area contributed by atoms with Crippen molar-refractivity contribution in [1.29, 1.82) is 0 Å². The molecule has 0 saturated heterocycles. The van der Waals surface area contributed by atoms with Crippen LogP contribution in [-0.2, 0) is 19.6 Å². The van der Waals surface area contributed by atoms with E-state index in [0.29, 0.717) is 18.7 Å². The number of carbonyl (C=O) groups is 2. The van der Waals surface area contributed by atoms with Crippen molar-refractivity contribution in [2.45, 2.75) is 37.1 Å². The molecule has 9 heteroatoms. The molecule has 0 heterocycles. The topological polar surface area (TPSA) is 104 Å². The normalized spacial score (nSPS) is 12.4. The van der Waals surface area contributed by atoms with Gasteiger partial charge in [-0.15, -0.1) is 0 Å². The molecule has 0 radical (unpaired) electrons. The van der Waals surface area contributed by atoms with E-state index >= 15 is 0 Å². The summed E-state index contributed by atoms with van der Waals surface area (Å²) in [7, 11) is -3.79. The minimum atomic E-state index is -3.79. The maximum atomic E-state index is 12.4. The second kappa shape index (κ2) is 11.9. The van der Waals surface area contributed by atoms with Gasteiger partial charge in [0.2, 0.25) is 21.8 Å². The molecular formula is C17H27N3O4S2. The Balaban J connectivity index is 2.65. The monoisotopic (exact) mass is 401 g/mol. The summed E-state index contributed by atoms with van der Waals surface area (Å²) in [6, 6.07) is 7.04. The summed E-state index contributed by atoms with van der Waals surface area (Å²) in [5, 5.41) is 5.36. The summed E-state index contributed by atoms with van der Waals surface area (Å²) in [6.45, 7) is 2.72. The Hall–Kier alpha value is -1.58. The Morgan fingerprint density at radius 3 is 2.42 bits per heavy atom. The first-order chi connectivity index (χ1) is 12.4. The van der Waals surface area contributed by atoms with E-state index in [0.717, 1.165) is 6.42 Å². The van der Waals surface area contributed by atoms with Gasteiger partial charge in [-0.3, -0.25) is 9.59 Å². The smallest absolute Gasteiger partial charge is 0.241 e. The molecule has 0 spiro atoms. The van der Waals surface area contributed by atoms with Crippen molar-refractivity contribution in [2.24, 2.45) is 0 Å². The molecule has 0 fully saturated rings. The maximum Gasteiger partial charge on any atom is 0.241 e. The molecule has 1 unspecified atom stereocenters. The summed E-state index contributed by atoms with van der Waals surface area (Å²) in [5.41, 5.74) is 0. The van der Waals surface area contributed by atoms with Crippen LogP contribution in [0.3, 0.4) is 0 Å². The third-order valence-corrected chi connectivity index (χ3v) is 5.63. The molecule has 146 valence electrons. The quantitative estimate of drug-likeness (QED) is 0.487. The zero-order valence-electron chi connectivity index (χ0n) is 15.2. The molecule has 2 amide bonds. The van der Waals surface area contributed by atoms with Crippen molar-refractivity contribution >= 4 is 33.6 Å². The number of thioether (sulfide) groups is 1. The van der Waals surface area contributed by atoms with Crippen molar-refractivity contribution in [1.82, 2.24) is 15.4 Å². The summed E-state index contributed by atoms with van der Waals surface area (Å²) < 4.78 is 27.4. The maximum absolute atomic E-state index is 12.4. The standard InChI is InChI=1S/C17H27N3O4S2/c1-3-11-18-16(21)9-12-19-17(22)15(10-13-25-2)20-26(23,24)14-7-5-4-6-8-14/h4-8,15,20H,3,9-13H2,1-2H3,(H,18,21)(H,19,22). The predicted octanol–water partition coefficient (Wildman–Crippen LogP) is 1.12. The van der Waals surface area contributed by atoms with Crippen LogP contribution < -0.4 is 15.4 Å². The highest BCUT2D eigenvalue weighted by Crippen LogP contribution is 2.10. The summed E-state index contributed by atoms with van der Waals surface area (Å²) in [6.07, 6.45) is 3.25. The molecule has 1 aromatic carbocycles. The Morgan fingerprint density at radius 1 is 1.12 bits per heavy atom. The molecule has 0 bridgehead atoms. The van der Waals surface area contributed by atoms with Crippen LogP contribution in [0.1, 0.15) is 26.2 Å². The molecule has 1 rings (SSSR count). The van der Waals surface area contributed by atoms with E-state index in [2.05, 4.69) is 15.4 Å². The van der Waals surface area contributed by atoms with Gasteiger partial charge in [0.25, 0.3) is 0 Å². The van der Waals surface area contributed by atoms with E-state index in [1.165, 1.54) is 23.9 Å². The number of hydrogen-bond donors (Lipinski definition) is 3. The van der Waals surface area contributed by atoms with Gasteiger partial charge in [-0.25, -0.2) is 8.42 Å². The van der Waals surface area contributed by atoms with Gasteiger partial charge in [0, 0.05) is 19.5 Å². The average molecular weight is 402 g/mol. The van der Waals surface area contributed by atoms with Crippen LogP contribution in [-0.4, -0.2) is 51.4 Å². The Kier molecular flexibility index (Phi) is 10.3. The lowest BCUT2D eigenvalue weighted by atomic mass is 10.2. The molecule has 0 aliphatic rings. The van der Waals surface area contributed by atoms with E-state index in [-0.39, 0.29) is 23.8 Å². The van der Waals surface area contributed by atoms with E-state index in [1.54, 1.807) is 18.2 Å². The van der Waals surface area contributed by atoms with Gasteiger partial charge in [-0.2, -0.15) is 16.5 Å². The summed E-state index contributed by atoms with van der Waals surface area (Å²) in [4.78, 5) is 24.0. The van der Waals surface area contributed by atoms with Gasteiger partial charge >= 0.3 is 0 Å². The second-order valence-electron chi connectivity index (χ2n) is 5.66. The van der Waals surface area contributed by atoms with Crippen molar-refractivity contribution in [2.75, 3.05) is 25.1 Å². The molecule has 0 aromatic heterocycles. The lowest BCUT2D eigenvalue weighted by Crippen LogP contribution is -2.47. The fourth-order valence-corrected chi connectivity index (χ4v) is 3.83. The van der Waals surface area contributed by atoms with Gasteiger partial charge in [0.1, 0.15) is 6.04 Å². The second-order valence-corrected chi connectivity index (χ2v) is 8.36. The van der Waals surface area contributed by atoms with Crippen LogP contribution in [0, 0.1) is 0 Å². The van der Waals surface area contributed by atoms with Crippen LogP contribution in [0.5, 0.6) is 0 Å². The fraction of sp³-hybridized carbons (Fsp3) is 0.529. The number of carbonyl (C=O) groups excluding carboxylic acids is 2. The number of sulfonamides is 1. The Morgan fingerprint density at radius 2 is 1.81 bits per heavy atom. The highest BCUT2D eigenvalue weighted by Gasteiger charge is 2.25. The number of hydrogen-bond acceptors (Lipinski definition) is 5. The predicted molar refractivity (Wildman–Crippen MR) is 104 cm³/mol.